The zero-order chi connectivity index (χ0) is 12.3. The zero-order valence-corrected chi connectivity index (χ0v) is 9.50. The van der Waals surface area contributed by atoms with Crippen LogP contribution in [0.3, 0.4) is 0 Å². The third-order valence-corrected chi connectivity index (χ3v) is 3.33. The van der Waals surface area contributed by atoms with Crippen LogP contribution in [0.15, 0.2) is 22.8 Å². The van der Waals surface area contributed by atoms with Crippen molar-refractivity contribution in [2.24, 2.45) is 5.92 Å². The van der Waals surface area contributed by atoms with Crippen LogP contribution in [-0.4, -0.2) is 16.7 Å². The van der Waals surface area contributed by atoms with Gasteiger partial charge in [0.1, 0.15) is 11.5 Å². The largest absolute Gasteiger partial charge is 0.469 e. The molecule has 5 nitrogen and oxygen atoms in total. The van der Waals surface area contributed by atoms with Crippen LogP contribution in [-0.2, 0) is 11.2 Å². The van der Waals surface area contributed by atoms with Gasteiger partial charge in [-0.25, -0.2) is 0 Å². The van der Waals surface area contributed by atoms with E-state index in [1.165, 1.54) is 6.26 Å². The van der Waals surface area contributed by atoms with E-state index >= 15 is 0 Å². The number of hydrogen-bond donors (Lipinski definition) is 0. The second-order valence-corrected chi connectivity index (χ2v) is 4.45. The van der Waals surface area contributed by atoms with E-state index in [1.54, 1.807) is 12.1 Å². The summed E-state index contributed by atoms with van der Waals surface area (Å²) < 4.78 is 5.12. The number of ketones is 1. The number of nitrogens with zero attached hydrogens (tertiary/aromatic N) is 1. The van der Waals surface area contributed by atoms with Crippen LogP contribution in [0.2, 0.25) is 0 Å². The van der Waals surface area contributed by atoms with E-state index in [4.69, 9.17) is 4.42 Å². The third-order valence-electron chi connectivity index (χ3n) is 3.33. The second kappa shape index (κ2) is 5.12. The van der Waals surface area contributed by atoms with Gasteiger partial charge in [0.05, 0.1) is 18.6 Å². The van der Waals surface area contributed by atoms with Gasteiger partial charge in [0.2, 0.25) is 6.04 Å². The average molecular weight is 237 g/mol. The Kier molecular flexibility index (Phi) is 3.56. The van der Waals surface area contributed by atoms with Crippen LogP contribution in [0.5, 0.6) is 0 Å². The molecule has 0 spiro atoms. The fourth-order valence-electron chi connectivity index (χ4n) is 2.42. The molecule has 2 atom stereocenters. The van der Waals surface area contributed by atoms with Gasteiger partial charge in [-0.3, -0.25) is 14.9 Å². The molecule has 0 saturated heterocycles. The first kappa shape index (κ1) is 11.8. The fourth-order valence-corrected chi connectivity index (χ4v) is 2.42. The summed E-state index contributed by atoms with van der Waals surface area (Å²) in [6.45, 7) is 0. The highest BCUT2D eigenvalue weighted by atomic mass is 16.6. The molecular weight excluding hydrogens is 222 g/mol. The Morgan fingerprint density at radius 1 is 1.53 bits per heavy atom. The van der Waals surface area contributed by atoms with Crippen molar-refractivity contribution in [2.45, 2.75) is 38.1 Å². The van der Waals surface area contributed by atoms with Crippen molar-refractivity contribution < 1.29 is 14.1 Å². The Bertz CT molecular complexity index is 399. The van der Waals surface area contributed by atoms with Gasteiger partial charge in [0.15, 0.2) is 0 Å². The lowest BCUT2D eigenvalue weighted by Crippen LogP contribution is -2.38. The second-order valence-electron chi connectivity index (χ2n) is 4.45. The maximum Gasteiger partial charge on any atom is 0.229 e. The number of rotatable bonds is 4. The smallest absolute Gasteiger partial charge is 0.229 e. The SMILES string of the molecule is O=C1CCCC[C@H]1[C@H](Cc1ccco1)[N+](=O)[O-]. The zero-order valence-electron chi connectivity index (χ0n) is 9.50. The molecule has 0 amide bonds. The Hall–Kier alpha value is -1.65. The molecule has 2 rings (SSSR count). The summed E-state index contributed by atoms with van der Waals surface area (Å²) in [5.74, 6) is 0.165. The molecule has 0 N–H and O–H groups in total. The van der Waals surface area contributed by atoms with Crippen molar-refractivity contribution in [3.63, 3.8) is 0 Å². The van der Waals surface area contributed by atoms with Gasteiger partial charge >= 0.3 is 0 Å². The third kappa shape index (κ3) is 2.72. The van der Waals surface area contributed by atoms with E-state index in [1.807, 2.05) is 0 Å². The maximum absolute atomic E-state index is 11.7. The first-order valence-electron chi connectivity index (χ1n) is 5.87. The van der Waals surface area contributed by atoms with Gasteiger partial charge < -0.3 is 4.42 Å². The van der Waals surface area contributed by atoms with Gasteiger partial charge in [-0.2, -0.15) is 0 Å². The molecule has 0 aliphatic heterocycles. The van der Waals surface area contributed by atoms with Crippen LogP contribution in [0, 0.1) is 16.0 Å². The van der Waals surface area contributed by atoms with Crippen molar-refractivity contribution in [3.05, 3.63) is 34.3 Å². The highest BCUT2D eigenvalue weighted by Gasteiger charge is 2.38. The van der Waals surface area contributed by atoms with E-state index in [-0.39, 0.29) is 17.1 Å². The van der Waals surface area contributed by atoms with Crippen molar-refractivity contribution in [1.29, 1.82) is 0 Å². The van der Waals surface area contributed by atoms with Crippen LogP contribution in [0.4, 0.5) is 0 Å². The standard InChI is InChI=1S/C12H15NO4/c14-12-6-2-1-5-10(12)11(13(15)16)8-9-4-3-7-17-9/h3-4,7,10-11H,1-2,5-6,8H2/t10-,11-/m0/s1. The van der Waals surface area contributed by atoms with Gasteiger partial charge in [0, 0.05) is 11.3 Å². The van der Waals surface area contributed by atoms with Crippen molar-refractivity contribution in [1.82, 2.24) is 0 Å². The van der Waals surface area contributed by atoms with Crippen LogP contribution in [0.1, 0.15) is 31.4 Å². The first-order valence-corrected chi connectivity index (χ1v) is 5.87. The van der Waals surface area contributed by atoms with E-state index < -0.39 is 12.0 Å². The molecule has 0 radical (unpaired) electrons. The topological polar surface area (TPSA) is 73.3 Å². The number of Topliss-reactive ketones (excluding diaryl/α,β-unsaturated/α-hetero) is 1. The summed E-state index contributed by atoms with van der Waals surface area (Å²) in [6, 6.07) is 2.58. The molecule has 1 saturated carbocycles. The molecule has 92 valence electrons. The van der Waals surface area contributed by atoms with Crippen LogP contribution < -0.4 is 0 Å². The van der Waals surface area contributed by atoms with E-state index in [0.29, 0.717) is 18.6 Å². The molecule has 0 unspecified atom stereocenters. The number of carbonyl (C=O) groups is 1. The molecule has 1 aromatic rings. The minimum atomic E-state index is -0.839. The summed E-state index contributed by atoms with van der Waals surface area (Å²) in [6.07, 6.45) is 4.57. The number of nitro groups is 1. The highest BCUT2D eigenvalue weighted by molar-refractivity contribution is 5.82. The van der Waals surface area contributed by atoms with Crippen molar-refractivity contribution in [2.75, 3.05) is 0 Å². The molecular formula is C12H15NO4. The minimum absolute atomic E-state index is 0.0320. The van der Waals surface area contributed by atoms with Gasteiger partial charge in [0.25, 0.3) is 0 Å². The molecule has 1 aromatic heterocycles. The van der Waals surface area contributed by atoms with Crippen LogP contribution >= 0.6 is 0 Å². The lowest BCUT2D eigenvalue weighted by Gasteiger charge is -2.22. The summed E-state index contributed by atoms with van der Waals surface area (Å²) in [5.41, 5.74) is 0. The number of furan rings is 1. The molecule has 0 bridgehead atoms. The predicted octanol–water partition coefficient (Wildman–Crippen LogP) is 2.23. The number of carbonyl (C=O) groups excluding carboxylic acids is 1. The summed E-state index contributed by atoms with van der Waals surface area (Å²) >= 11 is 0. The Morgan fingerprint density at radius 3 is 2.94 bits per heavy atom. The van der Waals surface area contributed by atoms with Gasteiger partial charge in [-0.1, -0.05) is 6.42 Å². The van der Waals surface area contributed by atoms with Crippen molar-refractivity contribution in [3.8, 4) is 0 Å². The summed E-state index contributed by atoms with van der Waals surface area (Å²) in [7, 11) is 0. The molecule has 1 aliphatic rings. The molecule has 17 heavy (non-hydrogen) atoms. The number of hydrogen-bond acceptors (Lipinski definition) is 4. The summed E-state index contributed by atoms with van der Waals surface area (Å²) in [5, 5.41) is 11.1. The van der Waals surface area contributed by atoms with Crippen molar-refractivity contribution >= 4 is 5.78 Å². The summed E-state index contributed by atoms with van der Waals surface area (Å²) in [4.78, 5) is 22.5. The van der Waals surface area contributed by atoms with E-state index in [0.717, 1.165) is 12.8 Å². The molecule has 5 heteroatoms. The lowest BCUT2D eigenvalue weighted by molar-refractivity contribution is -0.529. The highest BCUT2D eigenvalue weighted by Crippen LogP contribution is 2.27. The quantitative estimate of drug-likeness (QED) is 0.594. The monoisotopic (exact) mass is 237 g/mol. The van der Waals surface area contributed by atoms with Crippen LogP contribution in [0.25, 0.3) is 0 Å². The van der Waals surface area contributed by atoms with E-state index in [2.05, 4.69) is 0 Å². The van der Waals surface area contributed by atoms with Gasteiger partial charge in [-0.05, 0) is 25.0 Å². The Balaban J connectivity index is 2.11. The molecule has 1 aliphatic carbocycles. The predicted molar refractivity (Wildman–Crippen MR) is 60.2 cm³/mol. The fraction of sp³-hybridized carbons (Fsp3) is 0.583. The lowest BCUT2D eigenvalue weighted by atomic mass is 9.81. The van der Waals surface area contributed by atoms with E-state index in [9.17, 15) is 14.9 Å². The average Bonchev–Trinajstić information content (AvgIpc) is 2.79. The normalized spacial score (nSPS) is 22.4. The Morgan fingerprint density at radius 2 is 2.35 bits per heavy atom. The minimum Gasteiger partial charge on any atom is -0.469 e. The van der Waals surface area contributed by atoms with Gasteiger partial charge in [-0.15, -0.1) is 0 Å². The molecule has 1 fully saturated rings. The maximum atomic E-state index is 11.7. The first-order chi connectivity index (χ1) is 8.18. The molecule has 1 heterocycles. The Labute approximate surface area is 99.0 Å². The molecule has 0 aromatic carbocycles.